The van der Waals surface area contributed by atoms with Gasteiger partial charge in [-0.1, -0.05) is 41.9 Å². The van der Waals surface area contributed by atoms with Gasteiger partial charge in [0.05, 0.1) is 35.5 Å². The van der Waals surface area contributed by atoms with Crippen molar-refractivity contribution < 1.29 is 31.3 Å². The van der Waals surface area contributed by atoms with Crippen molar-refractivity contribution in [3.63, 3.8) is 0 Å². The fraction of sp³-hybridized carbons (Fsp3) is 0.370. The van der Waals surface area contributed by atoms with E-state index in [1.807, 2.05) is 0 Å². The molecule has 0 bridgehead atoms. The summed E-state index contributed by atoms with van der Waals surface area (Å²) in [7, 11) is -3.89. The van der Waals surface area contributed by atoms with Gasteiger partial charge in [-0.2, -0.15) is 13.5 Å². The highest BCUT2D eigenvalue weighted by Gasteiger charge is 2.36. The van der Waals surface area contributed by atoms with E-state index in [9.17, 15) is 22.4 Å². The van der Waals surface area contributed by atoms with Gasteiger partial charge in [-0.15, -0.1) is 0 Å². The number of primary amides is 1. The number of fused-ring (bicyclic) bond motifs is 1. The molecular formula is C27H30ClFN4O6S. The Kier molecular flexibility index (Phi) is 8.52. The predicted octanol–water partition coefficient (Wildman–Crippen LogP) is 4.67. The van der Waals surface area contributed by atoms with Gasteiger partial charge in [0.1, 0.15) is 22.9 Å². The highest BCUT2D eigenvalue weighted by atomic mass is 35.5. The molecule has 0 spiro atoms. The standard InChI is InChI=1S/C27H30ClFN4O6S/c1-27(2,3)39-26(35)32-14-19(11-12-38-40(36,37)16-17-7-5-4-6-8-17)33-22(15-32)23(25(30)34)24(31-33)18-9-10-21(29)20(28)13-18/h4-10,13,19H,11-12,14-16H2,1-3H3,(H2,30,34). The summed E-state index contributed by atoms with van der Waals surface area (Å²) < 4.78 is 51.3. The SMILES string of the molecule is CC(C)(C)OC(=O)N1Cc2c(C(N)=O)c(-c3ccc(F)c(Cl)c3)nn2C(CCOS(=O)(=O)Cc2ccccc2)C1. The summed E-state index contributed by atoms with van der Waals surface area (Å²) in [6.07, 6.45) is -0.492. The number of ether oxygens (including phenoxy) is 1. The van der Waals surface area contributed by atoms with Gasteiger partial charge in [0.2, 0.25) is 0 Å². The summed E-state index contributed by atoms with van der Waals surface area (Å²) in [5.41, 5.74) is 6.45. The fourth-order valence-electron chi connectivity index (χ4n) is 4.41. The van der Waals surface area contributed by atoms with Crippen LogP contribution in [-0.4, -0.2) is 53.9 Å². The molecule has 0 radical (unpaired) electrons. The smallest absolute Gasteiger partial charge is 0.410 e. The van der Waals surface area contributed by atoms with Crippen molar-refractivity contribution in [3.8, 4) is 11.3 Å². The zero-order valence-corrected chi connectivity index (χ0v) is 23.8. The molecule has 0 saturated heterocycles. The van der Waals surface area contributed by atoms with Crippen LogP contribution in [0.2, 0.25) is 5.02 Å². The van der Waals surface area contributed by atoms with Gasteiger partial charge in [-0.25, -0.2) is 9.18 Å². The molecule has 10 nitrogen and oxygen atoms in total. The normalized spacial score (nSPS) is 15.5. The molecule has 13 heteroatoms. The quantitative estimate of drug-likeness (QED) is 0.376. The monoisotopic (exact) mass is 592 g/mol. The van der Waals surface area contributed by atoms with Crippen molar-refractivity contribution in [2.75, 3.05) is 13.2 Å². The molecule has 2 aromatic carbocycles. The van der Waals surface area contributed by atoms with Gasteiger partial charge in [-0.05, 0) is 51.0 Å². The van der Waals surface area contributed by atoms with Crippen molar-refractivity contribution >= 4 is 33.7 Å². The number of hydrogen-bond donors (Lipinski definition) is 1. The number of carbonyl (C=O) groups excluding carboxylic acids is 2. The van der Waals surface area contributed by atoms with Crippen LogP contribution in [0.1, 0.15) is 54.8 Å². The molecule has 3 aromatic rings. The van der Waals surface area contributed by atoms with Crippen LogP contribution in [0.4, 0.5) is 9.18 Å². The van der Waals surface area contributed by atoms with Gasteiger partial charge in [0, 0.05) is 12.1 Å². The molecule has 1 aromatic heterocycles. The highest BCUT2D eigenvalue weighted by molar-refractivity contribution is 7.85. The molecule has 0 aliphatic carbocycles. The number of rotatable bonds is 8. The lowest BCUT2D eigenvalue weighted by Gasteiger charge is -2.35. The molecule has 0 fully saturated rings. The van der Waals surface area contributed by atoms with Gasteiger partial charge in [-0.3, -0.25) is 13.7 Å². The summed E-state index contributed by atoms with van der Waals surface area (Å²) in [4.78, 5) is 27.1. The molecule has 1 unspecified atom stereocenters. The van der Waals surface area contributed by atoms with E-state index in [1.165, 1.54) is 17.0 Å². The Balaban J connectivity index is 1.66. The van der Waals surface area contributed by atoms with Crippen molar-refractivity contribution in [1.82, 2.24) is 14.7 Å². The third-order valence-corrected chi connectivity index (χ3v) is 7.62. The third kappa shape index (κ3) is 6.98. The summed E-state index contributed by atoms with van der Waals surface area (Å²) in [5.74, 6) is -1.74. The van der Waals surface area contributed by atoms with Gasteiger partial charge >= 0.3 is 6.09 Å². The zero-order valence-electron chi connectivity index (χ0n) is 22.3. The summed E-state index contributed by atoms with van der Waals surface area (Å²) in [5, 5.41) is 4.43. The predicted molar refractivity (Wildman–Crippen MR) is 146 cm³/mol. The molecule has 214 valence electrons. The van der Waals surface area contributed by atoms with Crippen LogP contribution in [0, 0.1) is 5.82 Å². The summed E-state index contributed by atoms with van der Waals surface area (Å²) in [6.45, 7) is 5.05. The Bertz CT molecular complexity index is 1520. The van der Waals surface area contributed by atoms with E-state index in [-0.39, 0.29) is 48.2 Å². The third-order valence-electron chi connectivity index (χ3n) is 6.12. The van der Waals surface area contributed by atoms with Gasteiger partial charge in [0.25, 0.3) is 16.0 Å². The Labute approximate surface area is 236 Å². The van der Waals surface area contributed by atoms with Crippen LogP contribution in [0.3, 0.4) is 0 Å². The molecule has 1 aliphatic rings. The maximum Gasteiger partial charge on any atom is 0.410 e. The van der Waals surface area contributed by atoms with Crippen LogP contribution < -0.4 is 5.73 Å². The summed E-state index contributed by atoms with van der Waals surface area (Å²) in [6, 6.07) is 11.9. The molecule has 0 saturated carbocycles. The minimum atomic E-state index is -3.89. The number of amides is 2. The molecule has 2 amide bonds. The van der Waals surface area contributed by atoms with Crippen molar-refractivity contribution in [2.45, 2.75) is 51.1 Å². The molecule has 2 N–H and O–H groups in total. The van der Waals surface area contributed by atoms with Gasteiger partial charge < -0.3 is 15.4 Å². The second kappa shape index (κ2) is 11.6. The number of halogens is 2. The number of carbonyl (C=O) groups is 2. The molecule has 1 aliphatic heterocycles. The fourth-order valence-corrected chi connectivity index (χ4v) is 5.63. The van der Waals surface area contributed by atoms with Crippen molar-refractivity contribution in [2.24, 2.45) is 5.73 Å². The first-order valence-corrected chi connectivity index (χ1v) is 14.4. The second-order valence-corrected chi connectivity index (χ2v) is 12.5. The average Bonchev–Trinajstić information content (AvgIpc) is 3.25. The van der Waals surface area contributed by atoms with E-state index in [0.29, 0.717) is 16.8 Å². The Hall–Kier alpha value is -3.48. The van der Waals surface area contributed by atoms with E-state index in [0.717, 1.165) is 6.07 Å². The van der Waals surface area contributed by atoms with Crippen molar-refractivity contribution in [3.05, 3.63) is 76.2 Å². The summed E-state index contributed by atoms with van der Waals surface area (Å²) >= 11 is 5.98. The van der Waals surface area contributed by atoms with E-state index < -0.39 is 39.6 Å². The number of nitrogens with two attached hydrogens (primary N) is 1. The lowest BCUT2D eigenvalue weighted by Crippen LogP contribution is -2.44. The lowest BCUT2D eigenvalue weighted by molar-refractivity contribution is 0.0147. The van der Waals surface area contributed by atoms with E-state index in [2.05, 4.69) is 5.10 Å². The topological polar surface area (TPSA) is 134 Å². The minimum absolute atomic E-state index is 0.0403. The zero-order chi connectivity index (χ0) is 29.2. The molecule has 1 atom stereocenters. The minimum Gasteiger partial charge on any atom is -0.444 e. The van der Waals surface area contributed by atoms with Crippen LogP contribution in [0.5, 0.6) is 0 Å². The number of aromatic nitrogens is 2. The van der Waals surface area contributed by atoms with E-state index in [4.69, 9.17) is 26.3 Å². The number of benzene rings is 2. The van der Waals surface area contributed by atoms with E-state index >= 15 is 0 Å². The maximum absolute atomic E-state index is 13.8. The van der Waals surface area contributed by atoms with Gasteiger partial charge in [0.15, 0.2) is 0 Å². The van der Waals surface area contributed by atoms with Crippen LogP contribution >= 0.6 is 11.6 Å². The number of nitrogens with zero attached hydrogens (tertiary/aromatic N) is 3. The molecule has 4 rings (SSSR count). The largest absolute Gasteiger partial charge is 0.444 e. The van der Waals surface area contributed by atoms with Crippen LogP contribution in [0.25, 0.3) is 11.3 Å². The van der Waals surface area contributed by atoms with Crippen molar-refractivity contribution in [1.29, 1.82) is 0 Å². The second-order valence-electron chi connectivity index (χ2n) is 10.4. The van der Waals surface area contributed by atoms with E-state index in [1.54, 1.807) is 55.8 Å². The highest BCUT2D eigenvalue weighted by Crippen LogP contribution is 2.34. The maximum atomic E-state index is 13.8. The first-order valence-electron chi connectivity index (χ1n) is 12.5. The Morgan fingerprint density at radius 3 is 2.50 bits per heavy atom. The first kappa shape index (κ1) is 29.5. The molecular weight excluding hydrogens is 563 g/mol. The lowest BCUT2D eigenvalue weighted by atomic mass is 10.0. The Morgan fingerprint density at radius 2 is 1.88 bits per heavy atom. The first-order chi connectivity index (χ1) is 18.7. The number of hydrogen-bond acceptors (Lipinski definition) is 7. The Morgan fingerprint density at radius 1 is 1.18 bits per heavy atom. The van der Waals surface area contributed by atoms with Crippen LogP contribution in [0.15, 0.2) is 48.5 Å². The molecule has 2 heterocycles. The molecule has 40 heavy (non-hydrogen) atoms. The van der Waals surface area contributed by atoms with Crippen LogP contribution in [-0.2, 0) is 31.3 Å². The average molecular weight is 593 g/mol.